The molecule has 0 bridgehead atoms. The summed E-state index contributed by atoms with van der Waals surface area (Å²) < 4.78 is 4.73. The minimum Gasteiger partial charge on any atom is -0.465 e. The van der Waals surface area contributed by atoms with Gasteiger partial charge in [-0.15, -0.1) is 0 Å². The van der Waals surface area contributed by atoms with E-state index in [9.17, 15) is 9.59 Å². The van der Waals surface area contributed by atoms with E-state index >= 15 is 0 Å². The van der Waals surface area contributed by atoms with Gasteiger partial charge in [-0.3, -0.25) is 9.63 Å². The van der Waals surface area contributed by atoms with Crippen LogP contribution in [0.4, 0.5) is 0 Å². The van der Waals surface area contributed by atoms with Crippen LogP contribution in [0.5, 0.6) is 0 Å². The number of hydrogen-bond donors (Lipinski definition) is 0. The maximum atomic E-state index is 12.2. The minimum atomic E-state index is -0.467. The second kappa shape index (κ2) is 6.05. The number of rotatable bonds is 3. The molecule has 0 heterocycles. The summed E-state index contributed by atoms with van der Waals surface area (Å²) in [6.45, 7) is 6.03. The zero-order chi connectivity index (χ0) is 15.5. The van der Waals surface area contributed by atoms with E-state index in [1.165, 1.54) is 27.3 Å². The maximum Gasteiger partial charge on any atom is 0.337 e. The van der Waals surface area contributed by atoms with Crippen LogP contribution in [0.1, 0.15) is 47.1 Å². The number of esters is 1. The van der Waals surface area contributed by atoms with E-state index in [2.05, 4.69) is 0 Å². The molecule has 5 nitrogen and oxygen atoms in total. The van der Waals surface area contributed by atoms with Crippen molar-refractivity contribution in [1.29, 1.82) is 0 Å². The molecule has 0 unspecified atom stereocenters. The van der Waals surface area contributed by atoms with Crippen molar-refractivity contribution in [3.8, 4) is 0 Å². The molecule has 0 aliphatic heterocycles. The Hall–Kier alpha value is -1.88. The van der Waals surface area contributed by atoms with Crippen LogP contribution in [-0.4, -0.2) is 38.2 Å². The van der Waals surface area contributed by atoms with Crippen molar-refractivity contribution < 1.29 is 19.2 Å². The number of methoxy groups -OCH3 is 1. The highest BCUT2D eigenvalue weighted by molar-refractivity contribution is 5.97. The smallest absolute Gasteiger partial charge is 0.337 e. The van der Waals surface area contributed by atoms with Crippen LogP contribution >= 0.6 is 0 Å². The molecular formula is C15H21NO4. The normalized spacial score (nSPS) is 11.1. The first-order chi connectivity index (χ1) is 9.20. The molecular weight excluding hydrogens is 258 g/mol. The predicted molar refractivity (Wildman–Crippen MR) is 75.6 cm³/mol. The molecule has 0 fully saturated rings. The fourth-order valence-corrected chi connectivity index (χ4v) is 1.68. The van der Waals surface area contributed by atoms with Crippen molar-refractivity contribution in [2.24, 2.45) is 0 Å². The molecule has 1 aromatic rings. The Labute approximate surface area is 119 Å². The van der Waals surface area contributed by atoms with Crippen LogP contribution in [0.25, 0.3) is 0 Å². The molecule has 0 saturated carbocycles. The molecule has 0 atom stereocenters. The largest absolute Gasteiger partial charge is 0.465 e. The van der Waals surface area contributed by atoms with Crippen molar-refractivity contribution in [2.75, 3.05) is 21.3 Å². The van der Waals surface area contributed by atoms with Crippen LogP contribution in [0.15, 0.2) is 18.2 Å². The Bertz CT molecular complexity index is 517. The number of nitrogens with zero attached hydrogens (tertiary/aromatic N) is 1. The van der Waals surface area contributed by atoms with Gasteiger partial charge >= 0.3 is 5.97 Å². The summed E-state index contributed by atoms with van der Waals surface area (Å²) in [5, 5.41) is 1.11. The SMILES string of the molecule is COC(=O)c1cc(C(=O)N(C)OC)cc(C(C)(C)C)c1. The predicted octanol–water partition coefficient (Wildman–Crippen LogP) is 2.40. The molecule has 20 heavy (non-hydrogen) atoms. The number of hydroxylamine groups is 2. The number of hydrogen-bond acceptors (Lipinski definition) is 4. The fourth-order valence-electron chi connectivity index (χ4n) is 1.68. The van der Waals surface area contributed by atoms with Crippen molar-refractivity contribution in [1.82, 2.24) is 5.06 Å². The first-order valence-electron chi connectivity index (χ1n) is 6.26. The van der Waals surface area contributed by atoms with E-state index in [1.807, 2.05) is 20.8 Å². The number of ether oxygens (including phenoxy) is 1. The second-order valence-corrected chi connectivity index (χ2v) is 5.53. The first kappa shape index (κ1) is 16.2. The summed E-state index contributed by atoms with van der Waals surface area (Å²) >= 11 is 0. The average Bonchev–Trinajstić information content (AvgIpc) is 2.43. The van der Waals surface area contributed by atoms with E-state index in [4.69, 9.17) is 9.57 Å². The van der Waals surface area contributed by atoms with Gasteiger partial charge in [0.25, 0.3) is 5.91 Å². The van der Waals surface area contributed by atoms with Crippen LogP contribution < -0.4 is 0 Å². The van der Waals surface area contributed by atoms with Crippen molar-refractivity contribution in [2.45, 2.75) is 26.2 Å². The zero-order valence-electron chi connectivity index (χ0n) is 12.8. The zero-order valence-corrected chi connectivity index (χ0v) is 12.8. The van der Waals surface area contributed by atoms with Gasteiger partial charge in [0.2, 0.25) is 0 Å². The van der Waals surface area contributed by atoms with Gasteiger partial charge in [-0.2, -0.15) is 0 Å². The molecule has 1 amide bonds. The Kier molecular flexibility index (Phi) is 4.89. The van der Waals surface area contributed by atoms with Crippen molar-refractivity contribution in [3.05, 3.63) is 34.9 Å². The third-order valence-corrected chi connectivity index (χ3v) is 3.03. The number of benzene rings is 1. The van der Waals surface area contributed by atoms with Crippen molar-refractivity contribution in [3.63, 3.8) is 0 Å². The van der Waals surface area contributed by atoms with Gasteiger partial charge in [0, 0.05) is 12.6 Å². The summed E-state index contributed by atoms with van der Waals surface area (Å²) in [6.07, 6.45) is 0. The molecule has 0 saturated heterocycles. The van der Waals surface area contributed by atoms with E-state index < -0.39 is 5.97 Å². The standard InChI is InChI=1S/C15H21NO4/c1-15(2,3)12-8-10(13(17)16(4)20-6)7-11(9-12)14(18)19-5/h7-9H,1-6H3. The number of carbonyl (C=O) groups is 2. The highest BCUT2D eigenvalue weighted by Crippen LogP contribution is 2.25. The molecule has 1 rings (SSSR count). The molecule has 0 aromatic heterocycles. The van der Waals surface area contributed by atoms with E-state index in [1.54, 1.807) is 12.1 Å². The summed E-state index contributed by atoms with van der Waals surface area (Å²) in [4.78, 5) is 28.8. The molecule has 110 valence electrons. The van der Waals surface area contributed by atoms with Crippen LogP contribution in [0.3, 0.4) is 0 Å². The minimum absolute atomic E-state index is 0.190. The molecule has 5 heteroatoms. The third kappa shape index (κ3) is 3.57. The van der Waals surface area contributed by atoms with E-state index in [0.29, 0.717) is 11.1 Å². The number of amides is 1. The first-order valence-corrected chi connectivity index (χ1v) is 6.26. The van der Waals surface area contributed by atoms with Gasteiger partial charge in [0.05, 0.1) is 19.8 Å². The van der Waals surface area contributed by atoms with Crippen LogP contribution in [-0.2, 0) is 15.0 Å². The lowest BCUT2D eigenvalue weighted by Gasteiger charge is -2.22. The van der Waals surface area contributed by atoms with Crippen LogP contribution in [0.2, 0.25) is 0 Å². The molecule has 0 radical (unpaired) electrons. The molecule has 0 spiro atoms. The Balaban J connectivity index is 3.38. The summed E-state index contributed by atoms with van der Waals surface area (Å²) in [5.41, 5.74) is 1.44. The van der Waals surface area contributed by atoms with Crippen LogP contribution in [0, 0.1) is 0 Å². The molecule has 1 aromatic carbocycles. The van der Waals surface area contributed by atoms with Gasteiger partial charge in [0.15, 0.2) is 0 Å². The highest BCUT2D eigenvalue weighted by atomic mass is 16.7. The fraction of sp³-hybridized carbons (Fsp3) is 0.467. The monoisotopic (exact) mass is 279 g/mol. The molecule has 0 N–H and O–H groups in total. The summed E-state index contributed by atoms with van der Waals surface area (Å²) in [6, 6.07) is 5.03. The molecule has 0 aliphatic carbocycles. The van der Waals surface area contributed by atoms with Crippen molar-refractivity contribution >= 4 is 11.9 Å². The lowest BCUT2D eigenvalue weighted by atomic mass is 9.85. The quantitative estimate of drug-likeness (QED) is 0.630. The lowest BCUT2D eigenvalue weighted by Crippen LogP contribution is -2.26. The Morgan fingerprint density at radius 1 is 1.05 bits per heavy atom. The topological polar surface area (TPSA) is 55.8 Å². The number of carbonyl (C=O) groups excluding carboxylic acids is 2. The van der Waals surface area contributed by atoms with Gasteiger partial charge in [-0.25, -0.2) is 9.86 Å². The van der Waals surface area contributed by atoms with Gasteiger partial charge < -0.3 is 4.74 Å². The molecule has 0 aliphatic rings. The average molecular weight is 279 g/mol. The second-order valence-electron chi connectivity index (χ2n) is 5.53. The Morgan fingerprint density at radius 3 is 2.05 bits per heavy atom. The maximum absolute atomic E-state index is 12.2. The third-order valence-electron chi connectivity index (χ3n) is 3.03. The summed E-state index contributed by atoms with van der Waals surface area (Å²) in [7, 11) is 4.24. The van der Waals surface area contributed by atoms with Gasteiger partial charge in [0.1, 0.15) is 0 Å². The Morgan fingerprint density at radius 2 is 1.60 bits per heavy atom. The van der Waals surface area contributed by atoms with Gasteiger partial charge in [-0.1, -0.05) is 20.8 Å². The van der Waals surface area contributed by atoms with E-state index in [-0.39, 0.29) is 11.3 Å². The summed E-state index contributed by atoms with van der Waals surface area (Å²) in [5.74, 6) is -0.783. The van der Waals surface area contributed by atoms with Gasteiger partial charge in [-0.05, 0) is 29.2 Å². The lowest BCUT2D eigenvalue weighted by molar-refractivity contribution is -0.0757. The van der Waals surface area contributed by atoms with E-state index in [0.717, 1.165) is 10.6 Å². The highest BCUT2D eigenvalue weighted by Gasteiger charge is 2.21.